The van der Waals surface area contributed by atoms with Gasteiger partial charge in [-0.1, -0.05) is 41.8 Å². The average Bonchev–Trinajstić information content (AvgIpc) is 2.38. The highest BCUT2D eigenvalue weighted by molar-refractivity contribution is 6.30. The van der Waals surface area contributed by atoms with E-state index in [9.17, 15) is 9.59 Å². The lowest BCUT2D eigenvalue weighted by Gasteiger charge is -1.99. The maximum Gasteiger partial charge on any atom is 0.458 e. The van der Waals surface area contributed by atoms with Gasteiger partial charge in [0.1, 0.15) is 5.75 Å². The zero-order valence-electron chi connectivity index (χ0n) is 10.0. The van der Waals surface area contributed by atoms with Gasteiger partial charge in [0.15, 0.2) is 0 Å². The monoisotopic (exact) mass is 266 g/mol. The van der Waals surface area contributed by atoms with Gasteiger partial charge in [-0.15, -0.1) is 0 Å². The van der Waals surface area contributed by atoms with Crippen molar-refractivity contribution in [3.8, 4) is 5.75 Å². The molecule has 0 unspecified atom stereocenters. The predicted octanol–water partition coefficient (Wildman–Crippen LogP) is 2.69. The fourth-order valence-electron chi connectivity index (χ4n) is 1.02. The van der Waals surface area contributed by atoms with Crippen LogP contribution >= 0.6 is 0 Å². The second-order valence-electron chi connectivity index (χ2n) is 3.35. The number of ether oxygens (including phenoxy) is 1. The zero-order valence-corrected chi connectivity index (χ0v) is 11.4. The Hall–Kier alpha value is -2.02. The van der Waals surface area contributed by atoms with Crippen LogP contribution in [0.2, 0.25) is 6.04 Å². The molecule has 0 saturated heterocycles. The van der Waals surface area contributed by atoms with Gasteiger partial charge in [0.05, 0.1) is 0 Å². The number of rotatable bonds is 4. The Balaban J connectivity index is 2.33. The second-order valence-corrected chi connectivity index (χ2v) is 4.75. The van der Waals surface area contributed by atoms with E-state index in [2.05, 4.69) is 10.2 Å². The summed E-state index contributed by atoms with van der Waals surface area (Å²) >= 11 is 0. The lowest BCUT2D eigenvalue weighted by atomic mass is 10.3. The molecule has 1 aromatic carbocycles. The molecule has 0 atom stereocenters. The second kappa shape index (κ2) is 8.12. The minimum absolute atomic E-state index is 0.343. The molecule has 0 N–H and O–H groups in total. The zero-order chi connectivity index (χ0) is 13.2. The Labute approximate surface area is 107 Å². The molecule has 0 fully saturated rings. The van der Waals surface area contributed by atoms with Crippen LogP contribution in [-0.2, 0) is 4.43 Å². The maximum atomic E-state index is 11.2. The van der Waals surface area contributed by atoms with Gasteiger partial charge in [-0.3, -0.25) is 0 Å². The summed E-state index contributed by atoms with van der Waals surface area (Å²) < 4.78 is 9.61. The summed E-state index contributed by atoms with van der Waals surface area (Å²) in [5.74, 6) is 0.343. The van der Waals surface area contributed by atoms with Gasteiger partial charge in [0.2, 0.25) is 9.76 Å². The summed E-state index contributed by atoms with van der Waals surface area (Å²) in [6, 6.07) is 9.29. The molecule has 1 aromatic rings. The first-order chi connectivity index (χ1) is 8.72. The molecule has 0 aromatic heterocycles. The molecule has 2 amide bonds. The van der Waals surface area contributed by atoms with Crippen molar-refractivity contribution >= 4 is 21.9 Å². The van der Waals surface area contributed by atoms with E-state index in [4.69, 9.17) is 9.16 Å². The van der Waals surface area contributed by atoms with E-state index in [1.165, 1.54) is 0 Å². The molecular formula is C11H14N2O4Si. The van der Waals surface area contributed by atoms with Crippen molar-refractivity contribution < 1.29 is 18.8 Å². The topological polar surface area (TPSA) is 77.3 Å². The lowest BCUT2D eigenvalue weighted by molar-refractivity contribution is 0.201. The molecule has 7 heteroatoms. The first kappa shape index (κ1) is 14.0. The van der Waals surface area contributed by atoms with E-state index >= 15 is 0 Å². The van der Waals surface area contributed by atoms with Crippen LogP contribution in [0.5, 0.6) is 5.75 Å². The Morgan fingerprint density at radius 3 is 2.50 bits per heavy atom. The van der Waals surface area contributed by atoms with E-state index in [1.807, 2.05) is 6.92 Å². The van der Waals surface area contributed by atoms with E-state index in [1.54, 1.807) is 30.3 Å². The minimum atomic E-state index is -0.949. The van der Waals surface area contributed by atoms with Crippen molar-refractivity contribution in [2.45, 2.75) is 19.4 Å². The molecule has 0 aliphatic heterocycles. The smallest absolute Gasteiger partial charge is 0.458 e. The van der Waals surface area contributed by atoms with Crippen molar-refractivity contribution in [3.05, 3.63) is 30.3 Å². The third kappa shape index (κ3) is 5.90. The van der Waals surface area contributed by atoms with Crippen LogP contribution in [0, 0.1) is 0 Å². The highest BCUT2D eigenvalue weighted by Gasteiger charge is 2.04. The Bertz CT molecular complexity index is 422. The molecule has 0 bridgehead atoms. The Kier molecular flexibility index (Phi) is 6.34. The normalized spacial score (nSPS) is 10.9. The fourth-order valence-corrected chi connectivity index (χ4v) is 1.69. The molecule has 18 heavy (non-hydrogen) atoms. The highest BCUT2D eigenvalue weighted by Crippen LogP contribution is 2.09. The van der Waals surface area contributed by atoms with Gasteiger partial charge >= 0.3 is 12.2 Å². The molecular weight excluding hydrogens is 252 g/mol. The van der Waals surface area contributed by atoms with Crippen LogP contribution in [0.25, 0.3) is 0 Å². The molecule has 0 spiro atoms. The number of hydrogen-bond donors (Lipinski definition) is 0. The van der Waals surface area contributed by atoms with Gasteiger partial charge in [0, 0.05) is 0 Å². The van der Waals surface area contributed by atoms with Crippen LogP contribution in [0.3, 0.4) is 0 Å². The number of nitrogens with zero attached hydrogens (tertiary/aromatic N) is 2. The summed E-state index contributed by atoms with van der Waals surface area (Å²) in [6.07, 6.45) is -0.817. The van der Waals surface area contributed by atoms with Crippen LogP contribution < -0.4 is 4.74 Å². The number of carbonyl (C=O) groups is 2. The minimum Gasteiger partial charge on any atom is -0.507 e. The molecule has 0 radical (unpaired) electrons. The SMILES string of the molecule is CCC[SiH2]OC(=O)N=NC(=O)Oc1ccccc1. The van der Waals surface area contributed by atoms with Crippen molar-refractivity contribution in [1.29, 1.82) is 0 Å². The third-order valence-corrected chi connectivity index (χ3v) is 3.33. The van der Waals surface area contributed by atoms with Crippen molar-refractivity contribution in [2.24, 2.45) is 10.2 Å². The number of azo groups is 1. The first-order valence-corrected chi connectivity index (χ1v) is 7.15. The molecule has 1 rings (SSSR count). The highest BCUT2D eigenvalue weighted by atomic mass is 28.2. The largest absolute Gasteiger partial charge is 0.507 e. The van der Waals surface area contributed by atoms with E-state index in [0.717, 1.165) is 12.5 Å². The van der Waals surface area contributed by atoms with Crippen LogP contribution in [0.4, 0.5) is 9.59 Å². The Morgan fingerprint density at radius 1 is 1.17 bits per heavy atom. The fraction of sp³-hybridized carbons (Fsp3) is 0.273. The quantitative estimate of drug-likeness (QED) is 0.477. The lowest BCUT2D eigenvalue weighted by Crippen LogP contribution is -2.05. The van der Waals surface area contributed by atoms with Crippen LogP contribution in [0.1, 0.15) is 13.3 Å². The molecule has 0 aliphatic rings. The number of benzene rings is 1. The van der Waals surface area contributed by atoms with E-state index in [0.29, 0.717) is 5.75 Å². The molecule has 96 valence electrons. The molecule has 6 nitrogen and oxygen atoms in total. The van der Waals surface area contributed by atoms with Gasteiger partial charge in [0.25, 0.3) is 0 Å². The van der Waals surface area contributed by atoms with Crippen LogP contribution in [0.15, 0.2) is 40.6 Å². The average molecular weight is 266 g/mol. The Morgan fingerprint density at radius 2 is 1.83 bits per heavy atom. The summed E-state index contributed by atoms with van der Waals surface area (Å²) in [4.78, 5) is 22.2. The summed E-state index contributed by atoms with van der Waals surface area (Å²) in [6.45, 7) is 2.00. The molecule has 0 heterocycles. The van der Waals surface area contributed by atoms with Crippen molar-refractivity contribution in [1.82, 2.24) is 0 Å². The summed E-state index contributed by atoms with van der Waals surface area (Å²) in [5.41, 5.74) is 0. The molecule has 0 saturated carbocycles. The number of amides is 2. The van der Waals surface area contributed by atoms with Gasteiger partial charge in [-0.2, -0.15) is 0 Å². The van der Waals surface area contributed by atoms with Crippen molar-refractivity contribution in [2.75, 3.05) is 0 Å². The van der Waals surface area contributed by atoms with E-state index < -0.39 is 21.9 Å². The van der Waals surface area contributed by atoms with E-state index in [-0.39, 0.29) is 0 Å². The van der Waals surface area contributed by atoms with Crippen molar-refractivity contribution in [3.63, 3.8) is 0 Å². The van der Waals surface area contributed by atoms with Gasteiger partial charge in [-0.05, 0) is 18.2 Å². The standard InChI is InChI=1S/C11H14N2O4Si/c1-2-8-18-17-11(15)13-12-10(14)16-9-6-4-3-5-7-9/h3-7H,2,8,18H2,1H3. The molecule has 0 aliphatic carbocycles. The third-order valence-electron chi connectivity index (χ3n) is 1.89. The summed E-state index contributed by atoms with van der Waals surface area (Å²) in [7, 11) is -0.893. The number of hydrogen-bond acceptors (Lipinski definition) is 4. The summed E-state index contributed by atoms with van der Waals surface area (Å²) in [5, 5.41) is 6.23. The number of para-hydroxylation sites is 1. The van der Waals surface area contributed by atoms with Crippen LogP contribution in [-0.4, -0.2) is 21.9 Å². The van der Waals surface area contributed by atoms with Gasteiger partial charge in [-0.25, -0.2) is 9.59 Å². The number of carbonyl (C=O) groups excluding carboxylic acids is 2. The maximum absolute atomic E-state index is 11.2. The predicted molar refractivity (Wildman–Crippen MR) is 67.4 cm³/mol. The first-order valence-electron chi connectivity index (χ1n) is 5.57. The van der Waals surface area contributed by atoms with Gasteiger partial charge < -0.3 is 9.16 Å².